The number of aliphatic hydroxyl groups is 2. The van der Waals surface area contributed by atoms with E-state index in [1.807, 2.05) is 46.5 Å². The van der Waals surface area contributed by atoms with Crippen molar-refractivity contribution in [1.29, 1.82) is 0 Å². The first-order valence-electron chi connectivity index (χ1n) is 14.6. The second kappa shape index (κ2) is 16.2. The van der Waals surface area contributed by atoms with Gasteiger partial charge in [0.25, 0.3) is 11.4 Å². The Labute approximate surface area is 270 Å². The molecule has 13 nitrogen and oxygen atoms in total. The molecule has 3 N–H and O–H groups in total. The van der Waals surface area contributed by atoms with E-state index in [9.17, 15) is 34.0 Å². The Morgan fingerprint density at radius 1 is 1.00 bits per heavy atom. The highest BCUT2D eigenvalue weighted by Crippen LogP contribution is 2.53. The standard InChI is InChI=1S/C28H46FN2O11PS2/c1-25(2,3)22(34)44-16-10-8-14-39-43(38,40-15-9-11-17-45-23(35)26(4,5)6)41-18-28(29)20(33)27(7,37)21(42-28)31-13-12-19(32)30-24(31)36/h12-13,20-21,33,37H,8-11,14-18H2,1-7H3,(H,30,32,36)/t20-,21+,27+,28+/m0/s1. The van der Waals surface area contributed by atoms with E-state index in [0.29, 0.717) is 41.8 Å². The zero-order valence-corrected chi connectivity index (χ0v) is 29.4. The molecular formula is C28H46FN2O11PS2. The van der Waals surface area contributed by atoms with Crippen LogP contribution in [0.2, 0.25) is 0 Å². The number of phosphoric acid groups is 1. The van der Waals surface area contributed by atoms with E-state index >= 15 is 4.39 Å². The number of alkyl halides is 1. The van der Waals surface area contributed by atoms with Crippen LogP contribution in [0.1, 0.15) is 80.4 Å². The Balaban J connectivity index is 2.05. The Kier molecular flexibility index (Phi) is 14.3. The van der Waals surface area contributed by atoms with E-state index < -0.39 is 60.3 Å². The Morgan fingerprint density at radius 2 is 1.49 bits per heavy atom. The molecule has 2 rings (SSSR count). The molecule has 17 heteroatoms. The third-order valence-corrected chi connectivity index (χ3v) is 10.7. The number of aromatic amines is 1. The normalized spacial score (nSPS) is 24.2. The minimum atomic E-state index is -4.46. The summed E-state index contributed by atoms with van der Waals surface area (Å²) in [7, 11) is -4.46. The summed E-state index contributed by atoms with van der Waals surface area (Å²) in [5, 5.41) is 21.6. The Hall–Kier alpha value is -1.36. The quantitative estimate of drug-likeness (QED) is 0.165. The summed E-state index contributed by atoms with van der Waals surface area (Å²) < 4.78 is 51.5. The number of hydrogen-bond donors (Lipinski definition) is 3. The van der Waals surface area contributed by atoms with Gasteiger partial charge >= 0.3 is 13.5 Å². The summed E-state index contributed by atoms with van der Waals surface area (Å²) in [5.74, 6) is -2.16. The largest absolute Gasteiger partial charge is 0.474 e. The number of aromatic nitrogens is 2. The molecule has 258 valence electrons. The fourth-order valence-corrected chi connectivity index (χ4v) is 7.00. The first-order valence-corrected chi connectivity index (χ1v) is 18.0. The molecule has 0 unspecified atom stereocenters. The van der Waals surface area contributed by atoms with Crippen molar-refractivity contribution in [3.63, 3.8) is 0 Å². The average Bonchev–Trinajstić information content (AvgIpc) is 3.10. The van der Waals surface area contributed by atoms with Gasteiger partial charge in [-0.1, -0.05) is 65.1 Å². The Bertz CT molecular complexity index is 1280. The number of thioether (sulfide) groups is 2. The topological polar surface area (TPSA) is 183 Å². The third kappa shape index (κ3) is 11.7. The molecule has 4 atom stereocenters. The number of nitrogens with one attached hydrogen (secondary N) is 1. The number of nitrogens with zero attached hydrogens (tertiary/aromatic N) is 1. The average molecular weight is 701 g/mol. The Morgan fingerprint density at radius 3 is 1.93 bits per heavy atom. The second-order valence-electron chi connectivity index (χ2n) is 13.0. The van der Waals surface area contributed by atoms with Gasteiger partial charge in [0.2, 0.25) is 0 Å². The van der Waals surface area contributed by atoms with Crippen molar-refractivity contribution in [1.82, 2.24) is 9.55 Å². The molecule has 0 aromatic carbocycles. The highest BCUT2D eigenvalue weighted by atomic mass is 32.2. The van der Waals surface area contributed by atoms with Crippen LogP contribution < -0.4 is 11.2 Å². The zero-order valence-electron chi connectivity index (χ0n) is 26.8. The smallest absolute Gasteiger partial charge is 0.384 e. The highest BCUT2D eigenvalue weighted by molar-refractivity contribution is 8.14. The van der Waals surface area contributed by atoms with E-state index in [4.69, 9.17) is 18.3 Å². The molecule has 1 aromatic heterocycles. The van der Waals surface area contributed by atoms with Gasteiger partial charge in [0.05, 0.1) is 13.2 Å². The number of carbonyl (C=O) groups is 2. The minimum Gasteiger partial charge on any atom is -0.384 e. The number of rotatable bonds is 16. The molecular weight excluding hydrogens is 654 g/mol. The number of halogens is 1. The van der Waals surface area contributed by atoms with Gasteiger partial charge in [-0.2, -0.15) is 0 Å². The highest BCUT2D eigenvalue weighted by Gasteiger charge is 2.63. The van der Waals surface area contributed by atoms with Crippen molar-refractivity contribution < 1.29 is 47.1 Å². The molecule has 1 aromatic rings. The summed E-state index contributed by atoms with van der Waals surface area (Å²) in [6.45, 7) is 10.5. The third-order valence-electron chi connectivity index (χ3n) is 6.56. The molecule has 1 fully saturated rings. The molecule has 0 bridgehead atoms. The van der Waals surface area contributed by atoms with Gasteiger partial charge in [0.15, 0.2) is 16.5 Å². The van der Waals surface area contributed by atoms with E-state index in [2.05, 4.69) is 0 Å². The van der Waals surface area contributed by atoms with Crippen molar-refractivity contribution in [2.24, 2.45) is 10.8 Å². The van der Waals surface area contributed by atoms with Crippen LogP contribution >= 0.6 is 31.3 Å². The molecule has 45 heavy (non-hydrogen) atoms. The van der Waals surface area contributed by atoms with Crippen LogP contribution in [0.5, 0.6) is 0 Å². The molecule has 1 aliphatic rings. The predicted octanol–water partition coefficient (Wildman–Crippen LogP) is 4.17. The maximum Gasteiger partial charge on any atom is 0.474 e. The number of carbonyl (C=O) groups excluding carboxylic acids is 2. The van der Waals surface area contributed by atoms with Crippen molar-refractivity contribution in [3.8, 4) is 0 Å². The lowest BCUT2D eigenvalue weighted by molar-refractivity contribution is -0.205. The first kappa shape index (κ1) is 39.8. The number of H-pyrrole nitrogens is 1. The van der Waals surface area contributed by atoms with Crippen LogP contribution in [0.3, 0.4) is 0 Å². The summed E-state index contributed by atoms with van der Waals surface area (Å²) in [5.41, 5.74) is -5.11. The fourth-order valence-electron chi connectivity index (χ4n) is 3.81. The molecule has 1 aliphatic heterocycles. The van der Waals surface area contributed by atoms with Gasteiger partial charge in [-0.25, -0.2) is 13.8 Å². The van der Waals surface area contributed by atoms with E-state index in [0.717, 1.165) is 19.2 Å². The molecule has 0 spiro atoms. The first-order chi connectivity index (χ1) is 20.6. The monoisotopic (exact) mass is 700 g/mol. The fraction of sp³-hybridized carbons (Fsp3) is 0.786. The van der Waals surface area contributed by atoms with Crippen molar-refractivity contribution >= 4 is 41.6 Å². The van der Waals surface area contributed by atoms with Gasteiger partial charge in [-0.05, 0) is 32.6 Å². The van der Waals surface area contributed by atoms with Crippen LogP contribution in [0.25, 0.3) is 0 Å². The van der Waals surface area contributed by atoms with E-state index in [1.54, 1.807) is 0 Å². The van der Waals surface area contributed by atoms with Crippen molar-refractivity contribution in [2.45, 2.75) is 97.9 Å². The number of unbranched alkanes of at least 4 members (excludes halogenated alkanes) is 2. The van der Waals surface area contributed by atoms with Crippen molar-refractivity contribution in [3.05, 3.63) is 33.1 Å². The van der Waals surface area contributed by atoms with Crippen LogP contribution in [-0.2, 0) is 32.5 Å². The van der Waals surface area contributed by atoms with Gasteiger partial charge in [0.1, 0.15) is 18.3 Å². The van der Waals surface area contributed by atoms with E-state index in [1.165, 1.54) is 23.5 Å². The number of aliphatic hydroxyl groups excluding tert-OH is 1. The summed E-state index contributed by atoms with van der Waals surface area (Å²) in [6, 6.07) is 0.951. The summed E-state index contributed by atoms with van der Waals surface area (Å²) in [4.78, 5) is 49.9. The number of ether oxygens (including phenoxy) is 1. The molecule has 0 amide bonds. The second-order valence-corrected chi connectivity index (χ2v) is 16.8. The molecule has 1 saturated heterocycles. The lowest BCUT2D eigenvalue weighted by Gasteiger charge is -2.28. The summed E-state index contributed by atoms with van der Waals surface area (Å²) in [6.07, 6.45) is -1.27. The SMILES string of the molecule is CC(C)(C)C(=O)SCCCCOP(=O)(OCCCCSC(=O)C(C)(C)C)OC[C@@]1(F)O[C@@H](n2ccc(=O)[nH]c2=O)[C@](C)(O)[C@@H]1O. The van der Waals surface area contributed by atoms with Gasteiger partial charge in [-0.3, -0.25) is 37.5 Å². The van der Waals surface area contributed by atoms with Crippen molar-refractivity contribution in [2.75, 3.05) is 31.3 Å². The van der Waals surface area contributed by atoms with Gasteiger partial charge in [0, 0.05) is 34.6 Å². The molecule has 0 aliphatic carbocycles. The van der Waals surface area contributed by atoms with Crippen LogP contribution in [0.15, 0.2) is 21.9 Å². The van der Waals surface area contributed by atoms with Crippen LogP contribution in [0, 0.1) is 10.8 Å². The van der Waals surface area contributed by atoms with Crippen LogP contribution in [-0.4, -0.2) is 78.9 Å². The summed E-state index contributed by atoms with van der Waals surface area (Å²) >= 11 is 2.36. The minimum absolute atomic E-state index is 0.0322. The molecule has 0 radical (unpaired) electrons. The maximum atomic E-state index is 16.0. The maximum absolute atomic E-state index is 16.0. The lowest BCUT2D eigenvalue weighted by atomic mass is 9.95. The molecule has 0 saturated carbocycles. The van der Waals surface area contributed by atoms with E-state index in [-0.39, 0.29) is 23.4 Å². The van der Waals surface area contributed by atoms with Gasteiger partial charge in [-0.15, -0.1) is 0 Å². The number of hydrogen-bond acceptors (Lipinski definition) is 13. The lowest BCUT2D eigenvalue weighted by Crippen LogP contribution is -2.50. The predicted molar refractivity (Wildman–Crippen MR) is 170 cm³/mol. The van der Waals surface area contributed by atoms with Gasteiger partial charge < -0.3 is 14.9 Å². The number of phosphoric ester groups is 1. The zero-order chi connectivity index (χ0) is 34.3. The molecule has 2 heterocycles. The van der Waals surface area contributed by atoms with Crippen LogP contribution in [0.4, 0.5) is 4.39 Å².